The van der Waals surface area contributed by atoms with Crippen LogP contribution in [0.15, 0.2) is 12.2 Å². The molecule has 2 heteroatoms. The molecule has 1 atom stereocenters. The molecule has 1 unspecified atom stereocenters. The first-order valence-corrected chi connectivity index (χ1v) is 7.85. The Balaban J connectivity index is 3.43. The number of likely N-dealkylation sites (N-methyl/N-ethyl adjacent to an activating group) is 1. The van der Waals surface area contributed by atoms with E-state index in [1.54, 1.807) is 0 Å². The highest BCUT2D eigenvalue weighted by Crippen LogP contribution is 2.04. The fraction of sp³-hybridized carbons (Fsp3) is 0.875. The van der Waals surface area contributed by atoms with Crippen molar-refractivity contribution in [1.82, 2.24) is 10.2 Å². The van der Waals surface area contributed by atoms with Crippen LogP contribution in [-0.2, 0) is 0 Å². The third-order valence-corrected chi connectivity index (χ3v) is 3.50. The Kier molecular flexibility index (Phi) is 12.9. The van der Waals surface area contributed by atoms with Gasteiger partial charge in [0.15, 0.2) is 0 Å². The molecule has 0 amide bonds. The molecule has 0 fully saturated rings. The summed E-state index contributed by atoms with van der Waals surface area (Å²) in [6, 6.07) is 0.653. The van der Waals surface area contributed by atoms with E-state index in [4.69, 9.17) is 0 Å². The van der Waals surface area contributed by atoms with Gasteiger partial charge in [-0.3, -0.25) is 0 Å². The zero-order chi connectivity index (χ0) is 13.6. The van der Waals surface area contributed by atoms with Gasteiger partial charge in [-0.05, 0) is 26.4 Å². The predicted octanol–water partition coefficient (Wildman–Crippen LogP) is 3.83. The summed E-state index contributed by atoms with van der Waals surface area (Å²) in [5, 5.41) is 3.56. The second kappa shape index (κ2) is 13.1. The van der Waals surface area contributed by atoms with E-state index in [1.807, 2.05) is 0 Å². The van der Waals surface area contributed by atoms with Crippen molar-refractivity contribution in [2.45, 2.75) is 65.8 Å². The number of nitrogens with one attached hydrogen (secondary N) is 1. The fourth-order valence-corrected chi connectivity index (χ4v) is 2.04. The molecule has 0 aliphatic carbocycles. The summed E-state index contributed by atoms with van der Waals surface area (Å²) in [5.41, 5.74) is 0. The van der Waals surface area contributed by atoms with E-state index >= 15 is 0 Å². The number of rotatable bonds is 12. The number of unbranched alkanes of at least 4 members (excludes halogenated alkanes) is 3. The quantitative estimate of drug-likeness (QED) is 0.420. The molecule has 18 heavy (non-hydrogen) atoms. The van der Waals surface area contributed by atoms with Crippen molar-refractivity contribution in [3.8, 4) is 0 Å². The van der Waals surface area contributed by atoms with Crippen molar-refractivity contribution in [1.29, 1.82) is 0 Å². The highest BCUT2D eigenvalue weighted by atomic mass is 15.1. The topological polar surface area (TPSA) is 15.3 Å². The summed E-state index contributed by atoms with van der Waals surface area (Å²) < 4.78 is 0. The molecule has 2 nitrogen and oxygen atoms in total. The lowest BCUT2D eigenvalue weighted by Gasteiger charge is -2.15. The van der Waals surface area contributed by atoms with Crippen molar-refractivity contribution in [2.75, 3.05) is 26.2 Å². The second-order valence-electron chi connectivity index (χ2n) is 5.12. The van der Waals surface area contributed by atoms with Crippen LogP contribution in [0.25, 0.3) is 0 Å². The van der Waals surface area contributed by atoms with Gasteiger partial charge in [0.2, 0.25) is 0 Å². The van der Waals surface area contributed by atoms with Crippen LogP contribution in [0, 0.1) is 0 Å². The molecule has 0 rings (SSSR count). The second-order valence-corrected chi connectivity index (χ2v) is 5.12. The van der Waals surface area contributed by atoms with E-state index in [2.05, 4.69) is 50.1 Å². The van der Waals surface area contributed by atoms with E-state index in [0.29, 0.717) is 6.04 Å². The van der Waals surface area contributed by atoms with Gasteiger partial charge in [0.1, 0.15) is 0 Å². The van der Waals surface area contributed by atoms with Gasteiger partial charge in [-0.1, -0.05) is 58.6 Å². The Morgan fingerprint density at radius 2 is 1.72 bits per heavy atom. The Morgan fingerprint density at radius 3 is 2.33 bits per heavy atom. The number of hydrogen-bond donors (Lipinski definition) is 1. The predicted molar refractivity (Wildman–Crippen MR) is 83.2 cm³/mol. The average molecular weight is 254 g/mol. The third-order valence-electron chi connectivity index (χ3n) is 3.50. The van der Waals surface area contributed by atoms with Gasteiger partial charge < -0.3 is 10.2 Å². The van der Waals surface area contributed by atoms with E-state index in [0.717, 1.165) is 26.2 Å². The average Bonchev–Trinajstić information content (AvgIpc) is 2.39. The molecule has 0 radical (unpaired) electrons. The zero-order valence-electron chi connectivity index (χ0n) is 13.0. The molecule has 0 aromatic rings. The van der Waals surface area contributed by atoms with Crippen LogP contribution in [0.1, 0.15) is 59.8 Å². The van der Waals surface area contributed by atoms with E-state index in [9.17, 15) is 0 Å². The first-order valence-electron chi connectivity index (χ1n) is 7.85. The summed E-state index contributed by atoms with van der Waals surface area (Å²) in [6.07, 6.45) is 11.3. The number of hydrogen-bond acceptors (Lipinski definition) is 2. The largest absolute Gasteiger partial charge is 0.311 e. The van der Waals surface area contributed by atoms with Gasteiger partial charge in [0.25, 0.3) is 0 Å². The molecule has 108 valence electrons. The molecule has 1 N–H and O–H groups in total. The highest BCUT2D eigenvalue weighted by Gasteiger charge is 1.99. The van der Waals surface area contributed by atoms with Crippen LogP contribution in [0.4, 0.5) is 0 Å². The molecule has 0 aromatic heterocycles. The van der Waals surface area contributed by atoms with Gasteiger partial charge in [0.05, 0.1) is 0 Å². The van der Waals surface area contributed by atoms with Crippen molar-refractivity contribution < 1.29 is 0 Å². The summed E-state index contributed by atoms with van der Waals surface area (Å²) in [6.45, 7) is 13.4. The van der Waals surface area contributed by atoms with Crippen LogP contribution in [-0.4, -0.2) is 37.1 Å². The van der Waals surface area contributed by atoms with Crippen LogP contribution in [0.2, 0.25) is 0 Å². The molecule has 0 aromatic carbocycles. The smallest absolute Gasteiger partial charge is 0.0163 e. The molecule has 0 saturated carbocycles. The van der Waals surface area contributed by atoms with Crippen molar-refractivity contribution in [3.63, 3.8) is 0 Å². The molecule has 0 saturated heterocycles. The Morgan fingerprint density at radius 1 is 1.00 bits per heavy atom. The van der Waals surface area contributed by atoms with Crippen LogP contribution < -0.4 is 5.32 Å². The molecule has 0 aliphatic rings. The lowest BCUT2D eigenvalue weighted by Crippen LogP contribution is -2.26. The van der Waals surface area contributed by atoms with Gasteiger partial charge in [-0.25, -0.2) is 0 Å². The first-order chi connectivity index (χ1) is 8.74. The van der Waals surface area contributed by atoms with Crippen LogP contribution in [0.5, 0.6) is 0 Å². The number of nitrogens with zero attached hydrogens (tertiary/aromatic N) is 1. The molecule has 0 aliphatic heterocycles. The summed E-state index contributed by atoms with van der Waals surface area (Å²) >= 11 is 0. The lowest BCUT2D eigenvalue weighted by molar-refractivity contribution is 0.337. The third kappa shape index (κ3) is 10.8. The first kappa shape index (κ1) is 17.7. The van der Waals surface area contributed by atoms with E-state index in [1.165, 1.54) is 32.1 Å². The van der Waals surface area contributed by atoms with Crippen LogP contribution in [0.3, 0.4) is 0 Å². The van der Waals surface area contributed by atoms with Crippen LogP contribution >= 0.6 is 0 Å². The minimum Gasteiger partial charge on any atom is -0.311 e. The maximum absolute atomic E-state index is 3.56. The molecular weight excluding hydrogens is 220 g/mol. The molecule has 0 bridgehead atoms. The Hall–Kier alpha value is -0.340. The minimum atomic E-state index is 0.653. The lowest BCUT2D eigenvalue weighted by atomic mass is 10.1. The van der Waals surface area contributed by atoms with Crippen molar-refractivity contribution in [3.05, 3.63) is 12.2 Å². The zero-order valence-corrected chi connectivity index (χ0v) is 13.0. The molecule has 0 heterocycles. The van der Waals surface area contributed by atoms with Crippen molar-refractivity contribution in [2.24, 2.45) is 0 Å². The minimum absolute atomic E-state index is 0.653. The maximum atomic E-state index is 3.56. The normalized spacial score (nSPS) is 13.6. The molecule has 0 spiro atoms. The van der Waals surface area contributed by atoms with Gasteiger partial charge in [-0.15, -0.1) is 0 Å². The van der Waals surface area contributed by atoms with Gasteiger partial charge in [-0.2, -0.15) is 0 Å². The SMILES string of the molecule is CCCCCCC(C)NC/C=C/CN(CC)CC. The summed E-state index contributed by atoms with van der Waals surface area (Å²) in [5.74, 6) is 0. The standard InChI is InChI=1S/C16H34N2/c1-5-8-9-10-13-16(4)17-14-11-12-15-18(6-2)7-3/h11-12,16-17H,5-10,13-15H2,1-4H3/b12-11+. The monoisotopic (exact) mass is 254 g/mol. The van der Waals surface area contributed by atoms with E-state index < -0.39 is 0 Å². The Bertz CT molecular complexity index is 186. The van der Waals surface area contributed by atoms with E-state index in [-0.39, 0.29) is 0 Å². The summed E-state index contributed by atoms with van der Waals surface area (Å²) in [7, 11) is 0. The van der Waals surface area contributed by atoms with Gasteiger partial charge >= 0.3 is 0 Å². The Labute approximate surface area is 115 Å². The highest BCUT2D eigenvalue weighted by molar-refractivity contribution is 4.87. The van der Waals surface area contributed by atoms with Crippen molar-refractivity contribution >= 4 is 0 Å². The maximum Gasteiger partial charge on any atom is 0.0163 e. The summed E-state index contributed by atoms with van der Waals surface area (Å²) in [4.78, 5) is 2.42. The molecular formula is C16H34N2. The van der Waals surface area contributed by atoms with Gasteiger partial charge in [0, 0.05) is 19.1 Å². The fourth-order valence-electron chi connectivity index (χ4n) is 2.04.